The third-order valence-electron chi connectivity index (χ3n) is 6.16. The van der Waals surface area contributed by atoms with Crippen LogP contribution in [-0.2, 0) is 49.8 Å². The molecule has 0 unspecified atom stereocenters. The number of rotatable bonds is 6. The van der Waals surface area contributed by atoms with Gasteiger partial charge in [-0.25, -0.2) is 0 Å². The molecule has 262 valence electrons. The van der Waals surface area contributed by atoms with E-state index in [0.717, 1.165) is 22.5 Å². The van der Waals surface area contributed by atoms with E-state index in [-0.39, 0.29) is 72.8 Å². The van der Waals surface area contributed by atoms with Crippen LogP contribution in [0.4, 0.5) is 0 Å². The van der Waals surface area contributed by atoms with E-state index in [2.05, 4.69) is 111 Å². The van der Waals surface area contributed by atoms with Crippen molar-refractivity contribution in [3.63, 3.8) is 0 Å². The van der Waals surface area contributed by atoms with Crippen molar-refractivity contribution in [2.45, 2.75) is 67.7 Å². The molecule has 0 saturated carbocycles. The maximum Gasteiger partial charge on any atom is 0.155 e. The average Bonchev–Trinajstić information content (AvgIpc) is 2.97. The number of allylic oxidation sites excluding steroid dienone is 4. The van der Waals surface area contributed by atoms with Gasteiger partial charge in [-0.2, -0.15) is 0 Å². The van der Waals surface area contributed by atoms with Gasteiger partial charge in [0.25, 0.3) is 0 Å². The Morgan fingerprint density at radius 1 is 0.750 bits per heavy atom. The third kappa shape index (κ3) is 20.3. The van der Waals surface area contributed by atoms with E-state index in [0.29, 0.717) is 0 Å². The van der Waals surface area contributed by atoms with Crippen molar-refractivity contribution >= 4 is 39.5 Å². The van der Waals surface area contributed by atoms with E-state index in [1.807, 2.05) is 24.5 Å². The van der Waals surface area contributed by atoms with Gasteiger partial charge in [0.15, 0.2) is 11.6 Å². The van der Waals surface area contributed by atoms with Crippen molar-refractivity contribution in [2.75, 3.05) is 0 Å². The Morgan fingerprint density at radius 2 is 1.35 bits per heavy atom. The zero-order chi connectivity index (χ0) is 34.9. The minimum absolute atomic E-state index is 0. The second-order valence-corrected chi connectivity index (χ2v) is 18.5. The number of hydrogen-bond donors (Lipinski definition) is 2. The van der Waals surface area contributed by atoms with Crippen LogP contribution in [0.25, 0.3) is 22.5 Å². The molecule has 0 amide bonds. The standard InChI is InChI=1S/C15H18NSi.C13H14NSi.2C5H8O2.2Ir/c1-12-5-10-15(16-11-12)13-6-8-14(9-7-13)17(2,3)4;1-10-6-7-14-13(8-10)11-4-3-5-12(9-11)15-2;2*1-4(6)3-5(2)7;;/h5-6,8-11H,1-4H3;3,5-9H,15H2,1-2H3;2*3,6H,1-2H3;;/q2*-1;;;;. The summed E-state index contributed by atoms with van der Waals surface area (Å²) >= 11 is 0. The number of hydrogen-bond acceptors (Lipinski definition) is 6. The Labute approximate surface area is 317 Å². The van der Waals surface area contributed by atoms with Gasteiger partial charge in [0.1, 0.15) is 0 Å². The second kappa shape index (κ2) is 24.1. The van der Waals surface area contributed by atoms with Crippen LogP contribution < -0.4 is 10.4 Å². The fourth-order valence-corrected chi connectivity index (χ4v) is 5.68. The van der Waals surface area contributed by atoms with E-state index in [1.165, 1.54) is 61.3 Å². The van der Waals surface area contributed by atoms with E-state index >= 15 is 0 Å². The van der Waals surface area contributed by atoms with Crippen LogP contribution in [0.3, 0.4) is 0 Å². The first-order valence-electron chi connectivity index (χ1n) is 15.2. The normalized spacial score (nSPS) is 10.9. The Hall–Kier alpha value is -3.11. The van der Waals surface area contributed by atoms with Gasteiger partial charge < -0.3 is 20.2 Å². The number of pyridine rings is 2. The Morgan fingerprint density at radius 3 is 1.75 bits per heavy atom. The predicted octanol–water partition coefficient (Wildman–Crippen LogP) is 7.17. The largest absolute Gasteiger partial charge is 0.512 e. The average molecular weight is 1040 g/mol. The van der Waals surface area contributed by atoms with Gasteiger partial charge >= 0.3 is 0 Å². The molecule has 2 heterocycles. The van der Waals surface area contributed by atoms with Gasteiger partial charge in [-0.15, -0.1) is 70.0 Å². The molecule has 48 heavy (non-hydrogen) atoms. The molecule has 4 aromatic rings. The number of carbonyl (C=O) groups is 2. The smallest absolute Gasteiger partial charge is 0.155 e. The minimum atomic E-state index is -1.22. The first-order valence-corrected chi connectivity index (χ1v) is 20.8. The molecular formula is C38H48Ir2N2O4Si2-2. The number of aryl methyl sites for hydroxylation is 2. The fraction of sp³-hybridized carbons (Fsp3) is 0.263. The van der Waals surface area contributed by atoms with Gasteiger partial charge in [0.05, 0.1) is 11.5 Å². The van der Waals surface area contributed by atoms with Crippen molar-refractivity contribution in [2.24, 2.45) is 0 Å². The quantitative estimate of drug-likeness (QED) is 0.0921. The molecule has 6 nitrogen and oxygen atoms in total. The molecule has 0 aliphatic heterocycles. The van der Waals surface area contributed by atoms with E-state index in [9.17, 15) is 9.59 Å². The maximum atomic E-state index is 10.0. The predicted molar refractivity (Wildman–Crippen MR) is 198 cm³/mol. The van der Waals surface area contributed by atoms with E-state index < -0.39 is 8.07 Å². The number of ketones is 2. The molecule has 2 N–H and O–H groups in total. The second-order valence-electron chi connectivity index (χ2n) is 11.9. The molecule has 2 aromatic heterocycles. The van der Waals surface area contributed by atoms with Gasteiger partial charge in [-0.1, -0.05) is 50.0 Å². The zero-order valence-electron chi connectivity index (χ0n) is 29.6. The number of aromatic nitrogens is 2. The molecule has 0 saturated heterocycles. The Balaban J connectivity index is 0. The monoisotopic (exact) mass is 1040 g/mol. The summed E-state index contributed by atoms with van der Waals surface area (Å²) in [5, 5.41) is 19.6. The number of nitrogens with zero attached hydrogens (tertiary/aromatic N) is 2. The molecule has 0 aliphatic carbocycles. The van der Waals surface area contributed by atoms with Gasteiger partial charge in [0, 0.05) is 82.3 Å². The van der Waals surface area contributed by atoms with Crippen molar-refractivity contribution < 1.29 is 60.0 Å². The Bertz CT molecular complexity index is 1580. The van der Waals surface area contributed by atoms with E-state index in [1.54, 1.807) is 0 Å². The molecule has 0 fully saturated rings. The summed E-state index contributed by atoms with van der Waals surface area (Å²) in [6, 6.07) is 27.7. The maximum absolute atomic E-state index is 10.0. The SMILES string of the molecule is CC(=O)C=C(C)O.CC(=O)C=C(C)O.C[SiH2]c1cc[c-]c(-c2cc(C)ccn2)c1.Cc1ccc(-c2[c-]cc([Si](C)(C)C)cc2)nc1.[Ir].[Ir]. The molecule has 0 atom stereocenters. The number of aliphatic hydroxyl groups is 2. The topological polar surface area (TPSA) is 100 Å². The first kappa shape index (κ1) is 47.0. The molecule has 0 spiro atoms. The first-order chi connectivity index (χ1) is 21.5. The molecule has 0 bridgehead atoms. The molecule has 2 aromatic carbocycles. The fourth-order valence-electron chi connectivity index (χ4n) is 3.83. The minimum Gasteiger partial charge on any atom is -0.512 e. The van der Waals surface area contributed by atoms with Crippen LogP contribution in [0, 0.1) is 26.0 Å². The zero-order valence-corrected chi connectivity index (χ0v) is 36.8. The summed E-state index contributed by atoms with van der Waals surface area (Å²) in [4.78, 5) is 28.8. The van der Waals surface area contributed by atoms with Crippen LogP contribution in [0.5, 0.6) is 0 Å². The van der Waals surface area contributed by atoms with Crippen molar-refractivity contribution in [3.05, 3.63) is 120 Å². The summed E-state index contributed by atoms with van der Waals surface area (Å²) in [6.45, 7) is 19.2. The number of benzene rings is 2. The summed E-state index contributed by atoms with van der Waals surface area (Å²) in [6.07, 6.45) is 6.09. The van der Waals surface area contributed by atoms with Crippen molar-refractivity contribution in [1.82, 2.24) is 9.97 Å². The molecule has 4 rings (SSSR count). The van der Waals surface area contributed by atoms with Crippen LogP contribution in [-0.4, -0.2) is 49.3 Å². The van der Waals surface area contributed by atoms with Crippen LogP contribution >= 0.6 is 0 Å². The van der Waals surface area contributed by atoms with Crippen LogP contribution in [0.1, 0.15) is 38.8 Å². The summed E-state index contributed by atoms with van der Waals surface area (Å²) in [5.74, 6) is -0.125. The van der Waals surface area contributed by atoms with Gasteiger partial charge in [-0.05, 0) is 64.6 Å². The third-order valence-corrected chi connectivity index (χ3v) is 9.46. The van der Waals surface area contributed by atoms with Crippen molar-refractivity contribution in [3.8, 4) is 22.5 Å². The van der Waals surface area contributed by atoms with Gasteiger partial charge in [-0.3, -0.25) is 9.59 Å². The van der Waals surface area contributed by atoms with Crippen LogP contribution in [0.2, 0.25) is 26.2 Å². The molecular weight excluding hydrogens is 989 g/mol. The summed E-state index contributed by atoms with van der Waals surface area (Å²) in [7, 11) is -1.31. The van der Waals surface area contributed by atoms with Crippen molar-refractivity contribution in [1.29, 1.82) is 0 Å². The summed E-state index contributed by atoms with van der Waals surface area (Å²) in [5.41, 5.74) is 6.65. The number of carbonyl (C=O) groups excluding carboxylic acids is 2. The van der Waals surface area contributed by atoms with E-state index in [4.69, 9.17) is 10.2 Å². The molecule has 0 aliphatic rings. The van der Waals surface area contributed by atoms with Gasteiger partial charge in [0.2, 0.25) is 0 Å². The van der Waals surface area contributed by atoms with Crippen LogP contribution in [0.15, 0.2) is 96.7 Å². The Kier molecular flexibility index (Phi) is 23.6. The molecule has 2 radical (unpaired) electrons. The number of aliphatic hydroxyl groups excluding tert-OH is 2. The summed E-state index contributed by atoms with van der Waals surface area (Å²) < 4.78 is 0. The molecule has 10 heteroatoms.